The molecule has 1 aromatic heterocycles. The van der Waals surface area contributed by atoms with E-state index in [4.69, 9.17) is 0 Å². The van der Waals surface area contributed by atoms with Crippen LogP contribution < -0.4 is 5.11 Å². The lowest BCUT2D eigenvalue weighted by atomic mass is 10.4. The van der Waals surface area contributed by atoms with Gasteiger partial charge in [0.05, 0.1) is 6.54 Å². The summed E-state index contributed by atoms with van der Waals surface area (Å²) in [4.78, 5) is 23.8. The molecule has 14 heavy (non-hydrogen) atoms. The van der Waals surface area contributed by atoms with E-state index in [1.165, 1.54) is 4.57 Å². The van der Waals surface area contributed by atoms with Gasteiger partial charge >= 0.3 is 5.82 Å². The van der Waals surface area contributed by atoms with Gasteiger partial charge in [-0.25, -0.2) is 9.55 Å². The van der Waals surface area contributed by atoms with Gasteiger partial charge in [0, 0.05) is 19.3 Å². The van der Waals surface area contributed by atoms with Crippen molar-refractivity contribution in [3.63, 3.8) is 0 Å². The number of hydrogen-bond donors (Lipinski definition) is 0. The molecule has 1 heterocycles. The Kier molecular flexibility index (Phi) is 2.80. The second-order valence-corrected chi connectivity index (χ2v) is 2.69. The summed E-state index contributed by atoms with van der Waals surface area (Å²) in [5, 5.41) is 20.6. The zero-order valence-corrected chi connectivity index (χ0v) is 7.47. The van der Waals surface area contributed by atoms with Gasteiger partial charge < -0.3 is 20.0 Å². The third-order valence-corrected chi connectivity index (χ3v) is 1.76. The van der Waals surface area contributed by atoms with Gasteiger partial charge in [-0.3, -0.25) is 0 Å². The Morgan fingerprint density at radius 2 is 2.36 bits per heavy atom. The Balaban J connectivity index is 2.88. The maximum absolute atomic E-state index is 10.5. The average molecular weight is 198 g/mol. The first-order valence-corrected chi connectivity index (χ1v) is 3.88. The molecule has 0 fully saturated rings. The number of nitrogens with zero attached hydrogens (tertiary/aromatic N) is 3. The molecule has 0 amide bonds. The van der Waals surface area contributed by atoms with E-state index in [9.17, 15) is 20.0 Å². The van der Waals surface area contributed by atoms with E-state index in [0.717, 1.165) is 6.20 Å². The smallest absolute Gasteiger partial charge is 0.342 e. The predicted molar refractivity (Wildman–Crippen MR) is 43.2 cm³/mol. The van der Waals surface area contributed by atoms with E-state index in [1.54, 1.807) is 6.92 Å². The first-order valence-electron chi connectivity index (χ1n) is 3.88. The first kappa shape index (κ1) is 10.2. The molecule has 0 aliphatic carbocycles. The molecule has 0 bridgehead atoms. The topological polar surface area (TPSA) is 101 Å². The second-order valence-electron chi connectivity index (χ2n) is 2.69. The summed E-state index contributed by atoms with van der Waals surface area (Å²) in [7, 11) is 0. The maximum atomic E-state index is 10.5. The molecule has 0 aliphatic heterocycles. The number of imidazole rings is 1. The normalized spacial score (nSPS) is 10.1. The van der Waals surface area contributed by atoms with Crippen LogP contribution in [0.2, 0.25) is 0 Å². The number of carbonyl (C=O) groups excluding carboxylic acids is 1. The molecule has 7 nitrogen and oxygen atoms in total. The highest BCUT2D eigenvalue weighted by Crippen LogP contribution is 2.13. The van der Waals surface area contributed by atoms with E-state index in [2.05, 4.69) is 4.98 Å². The Labute approximate surface area is 79.1 Å². The monoisotopic (exact) mass is 198 g/mol. The van der Waals surface area contributed by atoms with Gasteiger partial charge in [0.1, 0.15) is 6.20 Å². The molecule has 0 saturated heterocycles. The van der Waals surface area contributed by atoms with Crippen LogP contribution in [0.15, 0.2) is 6.20 Å². The summed E-state index contributed by atoms with van der Waals surface area (Å²) < 4.78 is 1.23. The van der Waals surface area contributed by atoms with Crippen molar-refractivity contribution in [2.24, 2.45) is 0 Å². The van der Waals surface area contributed by atoms with Crippen molar-refractivity contribution in [2.75, 3.05) is 0 Å². The molecule has 0 saturated carbocycles. The van der Waals surface area contributed by atoms with Gasteiger partial charge in [-0.2, -0.15) is 0 Å². The number of carboxylic acids is 1. The minimum atomic E-state index is -1.24. The SMILES string of the molecule is Cc1ncc([N+](=O)[O-])n1CCC(=O)[O-]. The van der Waals surface area contributed by atoms with Crippen LogP contribution in [0.3, 0.4) is 0 Å². The fourth-order valence-corrected chi connectivity index (χ4v) is 1.08. The molecular formula is C7H8N3O4-. The summed E-state index contributed by atoms with van der Waals surface area (Å²) in [6.07, 6.45) is 0.836. The number of hydrogen-bond acceptors (Lipinski definition) is 5. The van der Waals surface area contributed by atoms with Gasteiger partial charge in [0.25, 0.3) is 0 Å². The highest BCUT2D eigenvalue weighted by molar-refractivity contribution is 5.64. The van der Waals surface area contributed by atoms with Crippen LogP contribution in [0.4, 0.5) is 5.82 Å². The molecule has 7 heteroatoms. The van der Waals surface area contributed by atoms with E-state index < -0.39 is 10.9 Å². The quantitative estimate of drug-likeness (QED) is 0.467. The van der Waals surface area contributed by atoms with Crippen LogP contribution in [0.1, 0.15) is 12.2 Å². The van der Waals surface area contributed by atoms with Crippen LogP contribution in [0, 0.1) is 17.0 Å². The minimum absolute atomic E-state index is 0.00444. The number of aryl methyl sites for hydroxylation is 1. The molecule has 76 valence electrons. The summed E-state index contributed by atoms with van der Waals surface area (Å²) in [6, 6.07) is 0. The zero-order chi connectivity index (χ0) is 10.7. The van der Waals surface area contributed by atoms with Gasteiger partial charge in [-0.15, -0.1) is 0 Å². The van der Waals surface area contributed by atoms with Crippen molar-refractivity contribution >= 4 is 11.8 Å². The Hall–Kier alpha value is -1.92. The highest BCUT2D eigenvalue weighted by Gasteiger charge is 2.16. The van der Waals surface area contributed by atoms with Gasteiger partial charge in [0.15, 0.2) is 5.82 Å². The number of rotatable bonds is 4. The Bertz CT molecular complexity index is 371. The van der Waals surface area contributed by atoms with Crippen molar-refractivity contribution in [3.8, 4) is 0 Å². The third kappa shape index (κ3) is 2.06. The van der Waals surface area contributed by atoms with E-state index >= 15 is 0 Å². The summed E-state index contributed by atoms with van der Waals surface area (Å²) in [6.45, 7) is 1.58. The van der Waals surface area contributed by atoms with Crippen LogP contribution in [-0.4, -0.2) is 20.4 Å². The average Bonchev–Trinajstić information content (AvgIpc) is 2.43. The second kappa shape index (κ2) is 3.86. The number of aromatic nitrogens is 2. The van der Waals surface area contributed by atoms with E-state index in [0.29, 0.717) is 5.82 Å². The fourth-order valence-electron chi connectivity index (χ4n) is 1.08. The summed E-state index contributed by atoms with van der Waals surface area (Å²) in [5.74, 6) is -1.03. The molecule has 0 radical (unpaired) electrons. The number of carbonyl (C=O) groups is 1. The van der Waals surface area contributed by atoms with Crippen LogP contribution in [0.25, 0.3) is 0 Å². The first-order chi connectivity index (χ1) is 6.52. The molecule has 0 aliphatic rings. The molecule has 1 aromatic rings. The van der Waals surface area contributed by atoms with Gasteiger partial charge in [0.2, 0.25) is 0 Å². The highest BCUT2D eigenvalue weighted by atomic mass is 16.6. The molecular weight excluding hydrogens is 190 g/mol. The summed E-state index contributed by atoms with van der Waals surface area (Å²) in [5.41, 5.74) is 0. The molecule has 0 atom stereocenters. The van der Waals surface area contributed by atoms with Crippen molar-refractivity contribution < 1.29 is 14.8 Å². The summed E-state index contributed by atoms with van der Waals surface area (Å²) >= 11 is 0. The van der Waals surface area contributed by atoms with Crippen molar-refractivity contribution in [1.82, 2.24) is 9.55 Å². The Morgan fingerprint density at radius 3 is 2.86 bits per heavy atom. The van der Waals surface area contributed by atoms with Crippen molar-refractivity contribution in [2.45, 2.75) is 19.9 Å². The van der Waals surface area contributed by atoms with Crippen LogP contribution >= 0.6 is 0 Å². The van der Waals surface area contributed by atoms with Crippen molar-refractivity contribution in [3.05, 3.63) is 22.1 Å². The van der Waals surface area contributed by atoms with E-state index in [-0.39, 0.29) is 18.8 Å². The third-order valence-electron chi connectivity index (χ3n) is 1.76. The molecule has 0 aromatic carbocycles. The number of carboxylic acid groups (broad SMARTS) is 1. The predicted octanol–water partition coefficient (Wildman–Crippen LogP) is -0.760. The molecule has 1 rings (SSSR count). The minimum Gasteiger partial charge on any atom is -0.550 e. The van der Waals surface area contributed by atoms with Crippen LogP contribution in [0.5, 0.6) is 0 Å². The van der Waals surface area contributed by atoms with Crippen LogP contribution in [-0.2, 0) is 11.3 Å². The van der Waals surface area contributed by atoms with Crippen molar-refractivity contribution in [1.29, 1.82) is 0 Å². The molecule has 0 unspecified atom stereocenters. The molecule has 0 N–H and O–H groups in total. The largest absolute Gasteiger partial charge is 0.550 e. The van der Waals surface area contributed by atoms with E-state index in [1.807, 2.05) is 0 Å². The standard InChI is InChI=1S/C7H9N3O4/c1-5-8-4-6(10(13)14)9(5)3-2-7(11)12/h4H,2-3H2,1H3,(H,11,12)/p-1. The lowest BCUT2D eigenvalue weighted by Crippen LogP contribution is -2.24. The Morgan fingerprint density at radius 1 is 1.71 bits per heavy atom. The lowest BCUT2D eigenvalue weighted by molar-refractivity contribution is -0.392. The zero-order valence-electron chi connectivity index (χ0n) is 7.47. The molecule has 0 spiro atoms. The maximum Gasteiger partial charge on any atom is 0.342 e. The van der Waals surface area contributed by atoms with Gasteiger partial charge in [-0.05, 0) is 4.92 Å². The number of aliphatic carboxylic acids is 1. The lowest BCUT2D eigenvalue weighted by Gasteiger charge is -2.02. The number of nitro groups is 1. The fraction of sp³-hybridized carbons (Fsp3) is 0.429. The van der Waals surface area contributed by atoms with Gasteiger partial charge in [-0.1, -0.05) is 0 Å².